The Bertz CT molecular complexity index is 305. The SMILES string of the molecule is Cc1cc(F)ccc1CCC1CO1. The van der Waals surface area contributed by atoms with E-state index in [1.54, 1.807) is 6.07 Å². The van der Waals surface area contributed by atoms with E-state index in [1.165, 1.54) is 11.6 Å². The summed E-state index contributed by atoms with van der Waals surface area (Å²) in [5.74, 6) is -0.149. The summed E-state index contributed by atoms with van der Waals surface area (Å²) in [7, 11) is 0. The Balaban J connectivity index is 2.01. The summed E-state index contributed by atoms with van der Waals surface area (Å²) in [6.45, 7) is 2.85. The van der Waals surface area contributed by atoms with E-state index in [2.05, 4.69) is 0 Å². The zero-order chi connectivity index (χ0) is 9.26. The molecule has 0 radical (unpaired) electrons. The van der Waals surface area contributed by atoms with Crippen LogP contribution in [0.3, 0.4) is 0 Å². The number of benzene rings is 1. The first-order valence-corrected chi connectivity index (χ1v) is 4.62. The van der Waals surface area contributed by atoms with Crippen molar-refractivity contribution >= 4 is 0 Å². The van der Waals surface area contributed by atoms with E-state index in [0.717, 1.165) is 25.0 Å². The van der Waals surface area contributed by atoms with Crippen LogP contribution in [-0.4, -0.2) is 12.7 Å². The molecule has 1 fully saturated rings. The number of halogens is 1. The molecular weight excluding hydrogens is 167 g/mol. The molecule has 1 atom stereocenters. The second kappa shape index (κ2) is 3.46. The first-order valence-electron chi connectivity index (χ1n) is 4.62. The van der Waals surface area contributed by atoms with Gasteiger partial charge in [0.2, 0.25) is 0 Å². The fraction of sp³-hybridized carbons (Fsp3) is 0.455. The van der Waals surface area contributed by atoms with Gasteiger partial charge in [0.25, 0.3) is 0 Å². The topological polar surface area (TPSA) is 12.5 Å². The van der Waals surface area contributed by atoms with Gasteiger partial charge < -0.3 is 4.74 Å². The molecule has 0 N–H and O–H groups in total. The van der Waals surface area contributed by atoms with Crippen LogP contribution in [0.1, 0.15) is 17.5 Å². The highest BCUT2D eigenvalue weighted by molar-refractivity contribution is 5.26. The third kappa shape index (κ3) is 2.28. The standard InChI is InChI=1S/C11H13FO/c1-8-6-10(12)4-2-9(8)3-5-11-7-13-11/h2,4,6,11H,3,5,7H2,1H3. The lowest BCUT2D eigenvalue weighted by molar-refractivity contribution is 0.396. The molecule has 1 heterocycles. The molecule has 0 amide bonds. The molecule has 2 heteroatoms. The summed E-state index contributed by atoms with van der Waals surface area (Å²) in [4.78, 5) is 0. The smallest absolute Gasteiger partial charge is 0.123 e. The van der Waals surface area contributed by atoms with Crippen LogP contribution >= 0.6 is 0 Å². The Hall–Kier alpha value is -0.890. The normalized spacial score (nSPS) is 20.3. The molecular formula is C11H13FO. The molecule has 1 aliphatic heterocycles. The summed E-state index contributed by atoms with van der Waals surface area (Å²) in [6, 6.07) is 4.98. The van der Waals surface area contributed by atoms with Gasteiger partial charge in [-0.05, 0) is 43.0 Å². The van der Waals surface area contributed by atoms with Gasteiger partial charge in [-0.25, -0.2) is 4.39 Å². The highest BCUT2D eigenvalue weighted by Gasteiger charge is 2.21. The minimum Gasteiger partial charge on any atom is -0.373 e. The fourth-order valence-corrected chi connectivity index (χ4v) is 1.49. The molecule has 1 aromatic carbocycles. The third-order valence-electron chi connectivity index (χ3n) is 2.44. The van der Waals surface area contributed by atoms with E-state index in [4.69, 9.17) is 4.74 Å². The van der Waals surface area contributed by atoms with Gasteiger partial charge in [0.1, 0.15) is 5.82 Å². The quantitative estimate of drug-likeness (QED) is 0.651. The van der Waals surface area contributed by atoms with Gasteiger partial charge in [0.05, 0.1) is 12.7 Å². The van der Waals surface area contributed by atoms with Crippen LogP contribution in [0.15, 0.2) is 18.2 Å². The highest BCUT2D eigenvalue weighted by atomic mass is 19.1. The number of epoxide rings is 1. The van der Waals surface area contributed by atoms with E-state index in [0.29, 0.717) is 6.10 Å². The molecule has 0 bridgehead atoms. The van der Waals surface area contributed by atoms with E-state index < -0.39 is 0 Å². The molecule has 1 nitrogen and oxygen atoms in total. The highest BCUT2D eigenvalue weighted by Crippen LogP contribution is 2.19. The first kappa shape index (κ1) is 8.70. The van der Waals surface area contributed by atoms with Gasteiger partial charge in [-0.2, -0.15) is 0 Å². The maximum Gasteiger partial charge on any atom is 0.123 e. The third-order valence-corrected chi connectivity index (χ3v) is 2.44. The molecule has 1 saturated heterocycles. The monoisotopic (exact) mass is 180 g/mol. The van der Waals surface area contributed by atoms with Gasteiger partial charge in [-0.15, -0.1) is 0 Å². The van der Waals surface area contributed by atoms with E-state index in [9.17, 15) is 4.39 Å². The average Bonchev–Trinajstić information content (AvgIpc) is 2.86. The summed E-state index contributed by atoms with van der Waals surface area (Å²) >= 11 is 0. The Morgan fingerprint density at radius 1 is 1.54 bits per heavy atom. The molecule has 0 aliphatic carbocycles. The van der Waals surface area contributed by atoms with Crippen molar-refractivity contribution < 1.29 is 9.13 Å². The lowest BCUT2D eigenvalue weighted by atomic mass is 10.0. The molecule has 70 valence electrons. The summed E-state index contributed by atoms with van der Waals surface area (Å²) in [5.41, 5.74) is 2.28. The molecule has 1 aliphatic rings. The van der Waals surface area contributed by atoms with Crippen molar-refractivity contribution in [3.8, 4) is 0 Å². The van der Waals surface area contributed by atoms with Crippen LogP contribution in [-0.2, 0) is 11.2 Å². The molecule has 13 heavy (non-hydrogen) atoms. The van der Waals surface area contributed by atoms with Crippen molar-refractivity contribution in [1.29, 1.82) is 0 Å². The van der Waals surface area contributed by atoms with Crippen LogP contribution < -0.4 is 0 Å². The Kier molecular flexibility index (Phi) is 2.32. The zero-order valence-electron chi connectivity index (χ0n) is 7.72. The predicted octanol–water partition coefficient (Wildman–Crippen LogP) is 2.47. The lowest BCUT2D eigenvalue weighted by Crippen LogP contribution is -1.94. The van der Waals surface area contributed by atoms with E-state index in [1.807, 2.05) is 13.0 Å². The summed E-state index contributed by atoms with van der Waals surface area (Å²) in [5, 5.41) is 0. The fourth-order valence-electron chi connectivity index (χ4n) is 1.49. The number of hydrogen-bond acceptors (Lipinski definition) is 1. The van der Waals surface area contributed by atoms with Crippen LogP contribution in [0, 0.1) is 12.7 Å². The number of rotatable bonds is 3. The number of hydrogen-bond donors (Lipinski definition) is 0. The minimum absolute atomic E-state index is 0.149. The van der Waals surface area contributed by atoms with Gasteiger partial charge in [-0.1, -0.05) is 6.07 Å². The van der Waals surface area contributed by atoms with Gasteiger partial charge >= 0.3 is 0 Å². The Labute approximate surface area is 77.5 Å². The van der Waals surface area contributed by atoms with E-state index in [-0.39, 0.29) is 5.82 Å². The van der Waals surface area contributed by atoms with Crippen molar-refractivity contribution in [1.82, 2.24) is 0 Å². The largest absolute Gasteiger partial charge is 0.373 e. The number of aryl methyl sites for hydroxylation is 2. The second-order valence-electron chi connectivity index (χ2n) is 3.56. The molecule has 0 saturated carbocycles. The number of ether oxygens (including phenoxy) is 1. The summed E-state index contributed by atoms with van der Waals surface area (Å²) < 4.78 is 17.9. The lowest BCUT2D eigenvalue weighted by Gasteiger charge is -2.03. The van der Waals surface area contributed by atoms with Crippen molar-refractivity contribution in [3.05, 3.63) is 35.1 Å². The predicted molar refractivity (Wildman–Crippen MR) is 49.2 cm³/mol. The molecule has 0 spiro atoms. The van der Waals surface area contributed by atoms with Crippen molar-refractivity contribution in [2.75, 3.05) is 6.61 Å². The molecule has 1 unspecified atom stereocenters. The maximum absolute atomic E-state index is 12.7. The Morgan fingerprint density at radius 3 is 2.92 bits per heavy atom. The first-order chi connectivity index (χ1) is 6.25. The zero-order valence-corrected chi connectivity index (χ0v) is 7.72. The Morgan fingerprint density at radius 2 is 2.31 bits per heavy atom. The van der Waals surface area contributed by atoms with Crippen LogP contribution in [0.5, 0.6) is 0 Å². The minimum atomic E-state index is -0.149. The second-order valence-corrected chi connectivity index (χ2v) is 3.56. The molecule has 2 rings (SSSR count). The van der Waals surface area contributed by atoms with Gasteiger partial charge in [0.15, 0.2) is 0 Å². The van der Waals surface area contributed by atoms with Crippen molar-refractivity contribution in [2.24, 2.45) is 0 Å². The van der Waals surface area contributed by atoms with Crippen molar-refractivity contribution in [3.63, 3.8) is 0 Å². The summed E-state index contributed by atoms with van der Waals surface area (Å²) in [6.07, 6.45) is 2.52. The maximum atomic E-state index is 12.7. The average molecular weight is 180 g/mol. The van der Waals surface area contributed by atoms with Gasteiger partial charge in [-0.3, -0.25) is 0 Å². The van der Waals surface area contributed by atoms with Crippen LogP contribution in [0.2, 0.25) is 0 Å². The van der Waals surface area contributed by atoms with Gasteiger partial charge in [0, 0.05) is 0 Å². The van der Waals surface area contributed by atoms with Crippen LogP contribution in [0.4, 0.5) is 4.39 Å². The van der Waals surface area contributed by atoms with E-state index >= 15 is 0 Å². The molecule has 1 aromatic rings. The van der Waals surface area contributed by atoms with Crippen LogP contribution in [0.25, 0.3) is 0 Å². The molecule has 0 aromatic heterocycles. The van der Waals surface area contributed by atoms with Crippen molar-refractivity contribution in [2.45, 2.75) is 25.9 Å².